The van der Waals surface area contributed by atoms with Gasteiger partial charge in [0.1, 0.15) is 0 Å². The van der Waals surface area contributed by atoms with Crippen molar-refractivity contribution in [3.05, 3.63) is 52.0 Å². The fourth-order valence-corrected chi connectivity index (χ4v) is 2.31. The molecule has 0 radical (unpaired) electrons. The highest BCUT2D eigenvalue weighted by Crippen LogP contribution is 2.31. The van der Waals surface area contributed by atoms with Crippen molar-refractivity contribution in [3.8, 4) is 5.75 Å². The standard InChI is InChI=1S/C12H12FNOS/c1-15-12-9(3-2-4-10(12)13)11(14)8-5-6-16-7-8/h2-7,11H,14H2,1H3/t11-/m0/s1. The molecule has 0 saturated carbocycles. The van der Waals surface area contributed by atoms with Gasteiger partial charge in [0.05, 0.1) is 13.2 Å². The van der Waals surface area contributed by atoms with E-state index in [-0.39, 0.29) is 17.6 Å². The van der Waals surface area contributed by atoms with Gasteiger partial charge in [0.15, 0.2) is 11.6 Å². The van der Waals surface area contributed by atoms with Crippen LogP contribution in [0.5, 0.6) is 5.75 Å². The van der Waals surface area contributed by atoms with Crippen molar-refractivity contribution in [2.45, 2.75) is 6.04 Å². The molecule has 0 aliphatic carbocycles. The maximum Gasteiger partial charge on any atom is 0.165 e. The third-order valence-corrected chi connectivity index (χ3v) is 3.14. The minimum absolute atomic E-state index is 0.223. The molecule has 2 N–H and O–H groups in total. The number of rotatable bonds is 3. The number of ether oxygens (including phenoxy) is 1. The van der Waals surface area contributed by atoms with Crippen molar-refractivity contribution in [1.82, 2.24) is 0 Å². The molecule has 1 heterocycles. The van der Waals surface area contributed by atoms with Crippen molar-refractivity contribution in [3.63, 3.8) is 0 Å². The molecule has 0 saturated heterocycles. The van der Waals surface area contributed by atoms with Crippen molar-refractivity contribution < 1.29 is 9.13 Å². The number of hydrogen-bond donors (Lipinski definition) is 1. The minimum atomic E-state index is -0.384. The average molecular weight is 237 g/mol. The molecule has 4 heteroatoms. The highest BCUT2D eigenvalue weighted by molar-refractivity contribution is 7.08. The van der Waals surface area contributed by atoms with Crippen LogP contribution in [0.25, 0.3) is 0 Å². The van der Waals surface area contributed by atoms with Crippen molar-refractivity contribution in [2.75, 3.05) is 7.11 Å². The molecule has 2 aromatic rings. The summed E-state index contributed by atoms with van der Waals surface area (Å²) in [5.74, 6) is -0.160. The molecule has 1 aromatic carbocycles. The molecule has 2 nitrogen and oxygen atoms in total. The zero-order valence-electron chi connectivity index (χ0n) is 8.81. The maximum absolute atomic E-state index is 13.5. The lowest BCUT2D eigenvalue weighted by Gasteiger charge is -2.15. The monoisotopic (exact) mass is 237 g/mol. The summed E-state index contributed by atoms with van der Waals surface area (Å²) in [5.41, 5.74) is 7.70. The first-order valence-electron chi connectivity index (χ1n) is 4.84. The molecule has 1 atom stereocenters. The van der Waals surface area contributed by atoms with E-state index in [0.29, 0.717) is 5.56 Å². The number of thiophene rings is 1. The van der Waals surface area contributed by atoms with Crippen LogP contribution in [-0.2, 0) is 0 Å². The van der Waals surface area contributed by atoms with E-state index in [4.69, 9.17) is 10.5 Å². The van der Waals surface area contributed by atoms with E-state index in [1.54, 1.807) is 23.5 Å². The Hall–Kier alpha value is -1.39. The molecular formula is C12H12FNOS. The Labute approximate surface area is 97.5 Å². The summed E-state index contributed by atoms with van der Waals surface area (Å²) >= 11 is 1.57. The molecule has 84 valence electrons. The predicted molar refractivity (Wildman–Crippen MR) is 63.3 cm³/mol. The van der Waals surface area contributed by atoms with Crippen molar-refractivity contribution in [2.24, 2.45) is 5.73 Å². The van der Waals surface area contributed by atoms with E-state index in [1.165, 1.54) is 13.2 Å². The van der Waals surface area contributed by atoms with Crippen LogP contribution < -0.4 is 10.5 Å². The summed E-state index contributed by atoms with van der Waals surface area (Å²) in [5, 5.41) is 3.90. The lowest BCUT2D eigenvalue weighted by Crippen LogP contribution is -2.12. The van der Waals surface area contributed by atoms with Crippen LogP contribution in [-0.4, -0.2) is 7.11 Å². The Morgan fingerprint density at radius 1 is 1.38 bits per heavy atom. The van der Waals surface area contributed by atoms with Crippen molar-refractivity contribution in [1.29, 1.82) is 0 Å². The molecule has 0 unspecified atom stereocenters. The van der Waals surface area contributed by atoms with Gasteiger partial charge in [-0.1, -0.05) is 12.1 Å². The average Bonchev–Trinajstić information content (AvgIpc) is 2.81. The zero-order chi connectivity index (χ0) is 11.5. The minimum Gasteiger partial charge on any atom is -0.493 e. The zero-order valence-corrected chi connectivity index (χ0v) is 9.63. The van der Waals surface area contributed by atoms with E-state index in [2.05, 4.69) is 0 Å². The molecule has 0 amide bonds. The van der Waals surface area contributed by atoms with Crippen LogP contribution in [0.3, 0.4) is 0 Å². The van der Waals surface area contributed by atoms with Gasteiger partial charge in [0.2, 0.25) is 0 Å². The molecule has 0 fully saturated rings. The van der Waals surface area contributed by atoms with Crippen LogP contribution in [0.15, 0.2) is 35.0 Å². The molecular weight excluding hydrogens is 225 g/mol. The second-order valence-corrected chi connectivity index (χ2v) is 4.18. The summed E-state index contributed by atoms with van der Waals surface area (Å²) in [6.07, 6.45) is 0. The lowest BCUT2D eigenvalue weighted by atomic mass is 10.0. The first kappa shape index (κ1) is 11.1. The van der Waals surface area contributed by atoms with Crippen molar-refractivity contribution >= 4 is 11.3 Å². The maximum atomic E-state index is 13.5. The SMILES string of the molecule is COc1c(F)cccc1[C@@H](N)c1ccsc1. The third kappa shape index (κ3) is 1.94. The van der Waals surface area contributed by atoms with E-state index in [0.717, 1.165) is 5.56 Å². The molecule has 1 aromatic heterocycles. The van der Waals surface area contributed by atoms with Gasteiger partial charge in [-0.25, -0.2) is 4.39 Å². The number of para-hydroxylation sites is 1. The normalized spacial score (nSPS) is 12.4. The van der Waals surface area contributed by atoms with Crippen LogP contribution in [0.1, 0.15) is 17.2 Å². The van der Waals surface area contributed by atoms with Gasteiger partial charge >= 0.3 is 0 Å². The molecule has 0 aliphatic heterocycles. The molecule has 0 bridgehead atoms. The quantitative estimate of drug-likeness (QED) is 0.890. The highest BCUT2D eigenvalue weighted by atomic mass is 32.1. The number of hydrogen-bond acceptors (Lipinski definition) is 3. The van der Waals surface area contributed by atoms with Crippen LogP contribution in [0.2, 0.25) is 0 Å². The van der Waals surface area contributed by atoms with E-state index in [9.17, 15) is 4.39 Å². The highest BCUT2D eigenvalue weighted by Gasteiger charge is 2.16. The van der Waals surface area contributed by atoms with E-state index >= 15 is 0 Å². The Bertz CT molecular complexity index is 470. The topological polar surface area (TPSA) is 35.2 Å². The van der Waals surface area contributed by atoms with Gasteiger partial charge in [-0.15, -0.1) is 0 Å². The molecule has 2 rings (SSSR count). The number of methoxy groups -OCH3 is 1. The molecule has 16 heavy (non-hydrogen) atoms. The van der Waals surface area contributed by atoms with Gasteiger partial charge < -0.3 is 10.5 Å². The summed E-state index contributed by atoms with van der Waals surface area (Å²) in [6, 6.07) is 6.36. The number of nitrogens with two attached hydrogens (primary N) is 1. The largest absolute Gasteiger partial charge is 0.493 e. The lowest BCUT2D eigenvalue weighted by molar-refractivity contribution is 0.380. The summed E-state index contributed by atoms with van der Waals surface area (Å²) in [7, 11) is 1.45. The second-order valence-electron chi connectivity index (χ2n) is 3.40. The predicted octanol–water partition coefficient (Wildman–Crippen LogP) is 2.94. The summed E-state index contributed by atoms with van der Waals surface area (Å²) < 4.78 is 18.5. The summed E-state index contributed by atoms with van der Waals surface area (Å²) in [4.78, 5) is 0. The third-order valence-electron chi connectivity index (χ3n) is 2.44. The number of benzene rings is 1. The fraction of sp³-hybridized carbons (Fsp3) is 0.167. The first-order chi connectivity index (χ1) is 7.74. The van der Waals surface area contributed by atoms with Gasteiger partial charge in [0.25, 0.3) is 0 Å². The van der Waals surface area contributed by atoms with Gasteiger partial charge in [0, 0.05) is 5.56 Å². The van der Waals surface area contributed by atoms with E-state index in [1.807, 2.05) is 16.8 Å². The Kier molecular flexibility index (Phi) is 3.22. The smallest absolute Gasteiger partial charge is 0.165 e. The number of halogens is 1. The van der Waals surface area contributed by atoms with Gasteiger partial charge in [-0.05, 0) is 28.5 Å². The molecule has 0 aliphatic rings. The summed E-state index contributed by atoms with van der Waals surface area (Å²) in [6.45, 7) is 0. The van der Waals surface area contributed by atoms with Crippen LogP contribution in [0, 0.1) is 5.82 Å². The van der Waals surface area contributed by atoms with E-state index < -0.39 is 0 Å². The van der Waals surface area contributed by atoms with Gasteiger partial charge in [-0.2, -0.15) is 11.3 Å². The fourth-order valence-electron chi connectivity index (χ4n) is 1.62. The Morgan fingerprint density at radius 3 is 2.81 bits per heavy atom. The van der Waals surface area contributed by atoms with Gasteiger partial charge in [-0.3, -0.25) is 0 Å². The van der Waals surface area contributed by atoms with Crippen LogP contribution >= 0.6 is 11.3 Å². The first-order valence-corrected chi connectivity index (χ1v) is 5.78. The molecule has 0 spiro atoms. The second kappa shape index (κ2) is 4.63. The van der Waals surface area contributed by atoms with Crippen LogP contribution in [0.4, 0.5) is 4.39 Å². The Morgan fingerprint density at radius 2 is 2.19 bits per heavy atom. The Balaban J connectivity index is 2.44.